The van der Waals surface area contributed by atoms with Gasteiger partial charge in [0.25, 0.3) is 11.7 Å². The van der Waals surface area contributed by atoms with Crippen LogP contribution in [0.3, 0.4) is 0 Å². The van der Waals surface area contributed by atoms with Gasteiger partial charge in [0, 0.05) is 11.3 Å². The van der Waals surface area contributed by atoms with Gasteiger partial charge in [-0.1, -0.05) is 54.4 Å². The molecule has 0 bridgehead atoms. The number of benzene rings is 3. The van der Waals surface area contributed by atoms with Gasteiger partial charge in [0.05, 0.1) is 28.3 Å². The molecule has 0 spiro atoms. The first kappa shape index (κ1) is 24.8. The Morgan fingerprint density at radius 2 is 1.71 bits per heavy atom. The van der Waals surface area contributed by atoms with Crippen molar-refractivity contribution in [3.8, 4) is 5.75 Å². The molecule has 4 rings (SSSR count). The second-order valence-corrected chi connectivity index (χ2v) is 8.75. The highest BCUT2D eigenvalue weighted by Crippen LogP contribution is 2.44. The van der Waals surface area contributed by atoms with Crippen LogP contribution in [0.2, 0.25) is 10.0 Å². The number of rotatable bonds is 6. The van der Waals surface area contributed by atoms with Gasteiger partial charge in [-0.3, -0.25) is 14.5 Å². The van der Waals surface area contributed by atoms with Crippen molar-refractivity contribution in [2.45, 2.75) is 26.3 Å². The Morgan fingerprint density at radius 3 is 2.34 bits per heavy atom. The molecule has 0 radical (unpaired) electrons. The van der Waals surface area contributed by atoms with Gasteiger partial charge < -0.3 is 9.84 Å². The van der Waals surface area contributed by atoms with Crippen LogP contribution >= 0.6 is 23.2 Å². The second kappa shape index (κ2) is 10.1. The van der Waals surface area contributed by atoms with Gasteiger partial charge in [-0.25, -0.2) is 4.39 Å². The largest absolute Gasteiger partial charge is 0.507 e. The minimum Gasteiger partial charge on any atom is -0.507 e. The van der Waals surface area contributed by atoms with Crippen molar-refractivity contribution in [3.63, 3.8) is 0 Å². The van der Waals surface area contributed by atoms with Gasteiger partial charge in [0.1, 0.15) is 17.3 Å². The number of aryl methyl sites for hydroxylation is 1. The van der Waals surface area contributed by atoms with Crippen LogP contribution in [0.15, 0.2) is 66.2 Å². The SMILES string of the molecule is CCOc1ccc(Cl)c(/C(O)=C2\C(=O)C(=O)N(c3ccc(F)c(Cl)c3)C2c2ccc(CC)cc2)c1. The number of hydrogen-bond donors (Lipinski definition) is 1. The fourth-order valence-corrected chi connectivity index (χ4v) is 4.45. The summed E-state index contributed by atoms with van der Waals surface area (Å²) in [4.78, 5) is 27.7. The summed E-state index contributed by atoms with van der Waals surface area (Å²) in [5.74, 6) is -2.42. The van der Waals surface area contributed by atoms with Crippen molar-refractivity contribution >= 4 is 46.3 Å². The molecule has 1 fully saturated rings. The third-order valence-corrected chi connectivity index (χ3v) is 6.45. The zero-order chi connectivity index (χ0) is 25.3. The molecule has 180 valence electrons. The molecule has 1 atom stereocenters. The molecule has 0 aliphatic carbocycles. The summed E-state index contributed by atoms with van der Waals surface area (Å²) in [5.41, 5.74) is 1.87. The van der Waals surface area contributed by atoms with Crippen LogP contribution in [0.1, 0.15) is 36.6 Å². The number of aliphatic hydroxyl groups is 1. The fraction of sp³-hybridized carbons (Fsp3) is 0.185. The lowest BCUT2D eigenvalue weighted by Crippen LogP contribution is -2.29. The van der Waals surface area contributed by atoms with Crippen LogP contribution in [0.5, 0.6) is 5.75 Å². The monoisotopic (exact) mass is 513 g/mol. The van der Waals surface area contributed by atoms with Crippen LogP contribution in [-0.2, 0) is 16.0 Å². The predicted molar refractivity (Wildman–Crippen MR) is 135 cm³/mol. The van der Waals surface area contributed by atoms with Crippen molar-refractivity contribution in [1.29, 1.82) is 0 Å². The fourth-order valence-electron chi connectivity index (χ4n) is 4.07. The van der Waals surface area contributed by atoms with Gasteiger partial charge in [-0.15, -0.1) is 0 Å². The highest BCUT2D eigenvalue weighted by molar-refractivity contribution is 6.52. The molecular weight excluding hydrogens is 492 g/mol. The maximum Gasteiger partial charge on any atom is 0.300 e. The number of nitrogens with zero attached hydrogens (tertiary/aromatic N) is 1. The van der Waals surface area contributed by atoms with E-state index in [1.54, 1.807) is 24.3 Å². The number of carbonyl (C=O) groups is 2. The standard InChI is InChI=1S/C27H22Cl2FNO4/c1-3-15-5-7-16(8-6-15)24-23(25(32)19-14-18(35-4-2)10-11-20(19)28)26(33)27(34)31(24)17-9-12-22(30)21(29)13-17/h5-14,24,32H,3-4H2,1-2H3/b25-23+. The van der Waals surface area contributed by atoms with Gasteiger partial charge in [-0.05, 0) is 60.9 Å². The topological polar surface area (TPSA) is 66.8 Å². The molecule has 1 heterocycles. The molecule has 1 saturated heterocycles. The lowest BCUT2D eigenvalue weighted by molar-refractivity contribution is -0.132. The summed E-state index contributed by atoms with van der Waals surface area (Å²) < 4.78 is 19.4. The average Bonchev–Trinajstić information content (AvgIpc) is 3.12. The number of halogens is 3. The minimum atomic E-state index is -0.991. The molecule has 35 heavy (non-hydrogen) atoms. The van der Waals surface area contributed by atoms with E-state index in [0.717, 1.165) is 18.1 Å². The lowest BCUT2D eigenvalue weighted by Gasteiger charge is -2.26. The molecule has 1 aliphatic heterocycles. The first-order valence-electron chi connectivity index (χ1n) is 11.0. The average molecular weight is 514 g/mol. The summed E-state index contributed by atoms with van der Waals surface area (Å²) in [6.45, 7) is 4.21. The highest BCUT2D eigenvalue weighted by Gasteiger charge is 2.47. The summed E-state index contributed by atoms with van der Waals surface area (Å²) in [7, 11) is 0. The summed E-state index contributed by atoms with van der Waals surface area (Å²) in [6, 6.07) is 14.8. The van der Waals surface area contributed by atoms with Crippen LogP contribution < -0.4 is 9.64 Å². The van der Waals surface area contributed by atoms with E-state index in [0.29, 0.717) is 17.9 Å². The van der Waals surface area contributed by atoms with E-state index >= 15 is 0 Å². The maximum atomic E-state index is 13.9. The second-order valence-electron chi connectivity index (χ2n) is 7.94. The number of hydrogen-bond acceptors (Lipinski definition) is 4. The molecule has 1 N–H and O–H groups in total. The van der Waals surface area contributed by atoms with Crippen molar-refractivity contribution < 1.29 is 23.8 Å². The molecule has 0 aromatic heterocycles. The Bertz CT molecular complexity index is 1340. The number of ether oxygens (including phenoxy) is 1. The summed E-state index contributed by atoms with van der Waals surface area (Å²) in [5, 5.41) is 11.3. The Hall–Kier alpha value is -3.35. The van der Waals surface area contributed by atoms with Crippen molar-refractivity contribution in [2.75, 3.05) is 11.5 Å². The zero-order valence-electron chi connectivity index (χ0n) is 19.0. The van der Waals surface area contributed by atoms with E-state index in [-0.39, 0.29) is 26.9 Å². The Morgan fingerprint density at radius 1 is 1.00 bits per heavy atom. The van der Waals surface area contributed by atoms with Crippen LogP contribution in [-0.4, -0.2) is 23.4 Å². The number of carbonyl (C=O) groups excluding carboxylic acids is 2. The molecule has 3 aromatic rings. The molecule has 0 saturated carbocycles. The minimum absolute atomic E-state index is 0.143. The highest BCUT2D eigenvalue weighted by atomic mass is 35.5. The number of amides is 1. The summed E-state index contributed by atoms with van der Waals surface area (Å²) >= 11 is 12.3. The van der Waals surface area contributed by atoms with Gasteiger partial charge in [-0.2, -0.15) is 0 Å². The molecule has 3 aromatic carbocycles. The van der Waals surface area contributed by atoms with Crippen LogP contribution in [0, 0.1) is 5.82 Å². The lowest BCUT2D eigenvalue weighted by atomic mass is 9.94. The van der Waals surface area contributed by atoms with Gasteiger partial charge >= 0.3 is 0 Å². The van der Waals surface area contributed by atoms with E-state index in [1.807, 2.05) is 26.0 Å². The van der Waals surface area contributed by atoms with E-state index in [9.17, 15) is 19.1 Å². The van der Waals surface area contributed by atoms with Crippen molar-refractivity contribution in [1.82, 2.24) is 0 Å². The van der Waals surface area contributed by atoms with Crippen LogP contribution in [0.25, 0.3) is 5.76 Å². The Balaban J connectivity index is 1.95. The van der Waals surface area contributed by atoms with Crippen molar-refractivity contribution in [2.24, 2.45) is 0 Å². The quantitative estimate of drug-likeness (QED) is 0.225. The summed E-state index contributed by atoms with van der Waals surface area (Å²) in [6.07, 6.45) is 0.799. The first-order chi connectivity index (χ1) is 16.8. The number of Topliss-reactive ketones (excluding diaryl/α,β-unsaturated/α-hetero) is 1. The molecule has 1 amide bonds. The molecular formula is C27H22Cl2FNO4. The third-order valence-electron chi connectivity index (χ3n) is 5.83. The van der Waals surface area contributed by atoms with E-state index < -0.39 is 29.3 Å². The molecule has 1 aliphatic rings. The number of aliphatic hydroxyl groups excluding tert-OH is 1. The maximum absolute atomic E-state index is 13.9. The van der Waals surface area contributed by atoms with Gasteiger partial charge in [0.2, 0.25) is 0 Å². The number of anilines is 1. The molecule has 1 unspecified atom stereocenters. The van der Waals surface area contributed by atoms with Crippen LogP contribution in [0.4, 0.5) is 10.1 Å². The molecule has 8 heteroatoms. The number of ketones is 1. The van der Waals surface area contributed by atoms with E-state index in [4.69, 9.17) is 27.9 Å². The Kier molecular flexibility index (Phi) is 7.15. The van der Waals surface area contributed by atoms with Crippen molar-refractivity contribution in [3.05, 3.63) is 98.8 Å². The molecule has 5 nitrogen and oxygen atoms in total. The third kappa shape index (κ3) is 4.64. The smallest absolute Gasteiger partial charge is 0.300 e. The normalized spacial score (nSPS) is 17.2. The van der Waals surface area contributed by atoms with E-state index in [2.05, 4.69) is 0 Å². The van der Waals surface area contributed by atoms with E-state index in [1.165, 1.54) is 23.1 Å². The zero-order valence-corrected chi connectivity index (χ0v) is 20.5. The Labute approximate surface area is 212 Å². The first-order valence-corrected chi connectivity index (χ1v) is 11.8. The predicted octanol–water partition coefficient (Wildman–Crippen LogP) is 6.72. The van der Waals surface area contributed by atoms with Gasteiger partial charge in [0.15, 0.2) is 0 Å².